The molecule has 0 bridgehead atoms. The molecule has 0 aromatic heterocycles. The van der Waals surface area contributed by atoms with E-state index in [9.17, 15) is 0 Å². The number of ether oxygens (including phenoxy) is 1. The Balaban J connectivity index is 1.45. The predicted molar refractivity (Wildman–Crippen MR) is 103 cm³/mol. The van der Waals surface area contributed by atoms with Crippen molar-refractivity contribution < 1.29 is 4.74 Å². The maximum Gasteiger partial charge on any atom is 0.0490 e. The average molecular weight is 343 g/mol. The van der Waals surface area contributed by atoms with Gasteiger partial charge in [-0.1, -0.05) is 19.1 Å². The van der Waals surface area contributed by atoms with Crippen LogP contribution in [0.1, 0.15) is 77.6 Å². The van der Waals surface area contributed by atoms with Gasteiger partial charge in [0.05, 0.1) is 0 Å². The zero-order valence-corrected chi connectivity index (χ0v) is 16.6. The van der Waals surface area contributed by atoms with Gasteiger partial charge in [0.1, 0.15) is 0 Å². The summed E-state index contributed by atoms with van der Waals surface area (Å²) < 4.78 is 5.55. The SMILES string of the molecule is C=C1CCC2C3CCC4CC(COC)CCC4(C4CC4)C3CCC12C. The third kappa shape index (κ3) is 2.30. The molecule has 0 heterocycles. The normalized spacial score (nSPS) is 52.4. The molecule has 1 nitrogen and oxygen atoms in total. The Labute approximate surface area is 155 Å². The van der Waals surface area contributed by atoms with Gasteiger partial charge in [-0.15, -0.1) is 0 Å². The summed E-state index contributed by atoms with van der Waals surface area (Å²) in [5.74, 6) is 5.98. The van der Waals surface area contributed by atoms with Gasteiger partial charge in [0, 0.05) is 13.7 Å². The van der Waals surface area contributed by atoms with Crippen LogP contribution in [-0.2, 0) is 4.74 Å². The van der Waals surface area contributed by atoms with Crippen molar-refractivity contribution in [3.63, 3.8) is 0 Å². The molecule has 1 heteroatoms. The first kappa shape index (κ1) is 16.8. The topological polar surface area (TPSA) is 9.23 Å². The van der Waals surface area contributed by atoms with Gasteiger partial charge in [-0.25, -0.2) is 0 Å². The molecular formula is C24H38O. The highest BCUT2D eigenvalue weighted by molar-refractivity contribution is 5.22. The number of hydrogen-bond donors (Lipinski definition) is 0. The van der Waals surface area contributed by atoms with Gasteiger partial charge in [0.15, 0.2) is 0 Å². The molecule has 7 unspecified atom stereocenters. The molecule has 5 rings (SSSR count). The molecule has 0 aromatic carbocycles. The monoisotopic (exact) mass is 342 g/mol. The molecule has 0 N–H and O–H groups in total. The van der Waals surface area contributed by atoms with E-state index in [1.807, 2.05) is 7.11 Å². The summed E-state index contributed by atoms with van der Waals surface area (Å²) in [6.45, 7) is 8.09. The molecule has 140 valence electrons. The van der Waals surface area contributed by atoms with E-state index < -0.39 is 0 Å². The lowest BCUT2D eigenvalue weighted by Crippen LogP contribution is -2.55. The largest absolute Gasteiger partial charge is 0.384 e. The Morgan fingerprint density at radius 3 is 2.52 bits per heavy atom. The molecule has 5 aliphatic carbocycles. The molecular weight excluding hydrogens is 304 g/mol. The Morgan fingerprint density at radius 2 is 1.76 bits per heavy atom. The van der Waals surface area contributed by atoms with E-state index in [1.165, 1.54) is 57.8 Å². The third-order valence-corrected chi connectivity index (χ3v) is 10.0. The number of hydrogen-bond acceptors (Lipinski definition) is 1. The van der Waals surface area contributed by atoms with Crippen molar-refractivity contribution in [1.29, 1.82) is 0 Å². The van der Waals surface area contributed by atoms with Gasteiger partial charge in [0.25, 0.3) is 0 Å². The molecule has 5 aliphatic rings. The number of methoxy groups -OCH3 is 1. The third-order valence-electron chi connectivity index (χ3n) is 10.0. The fraction of sp³-hybridized carbons (Fsp3) is 0.917. The van der Waals surface area contributed by atoms with E-state index in [2.05, 4.69) is 13.5 Å². The minimum Gasteiger partial charge on any atom is -0.384 e. The van der Waals surface area contributed by atoms with Crippen molar-refractivity contribution in [3.05, 3.63) is 12.2 Å². The van der Waals surface area contributed by atoms with Crippen LogP contribution < -0.4 is 0 Å². The summed E-state index contributed by atoms with van der Waals surface area (Å²) in [5.41, 5.74) is 2.83. The Kier molecular flexibility index (Phi) is 3.94. The van der Waals surface area contributed by atoms with Gasteiger partial charge in [-0.2, -0.15) is 0 Å². The Bertz CT molecular complexity index is 548. The van der Waals surface area contributed by atoms with Crippen LogP contribution in [0.4, 0.5) is 0 Å². The van der Waals surface area contributed by atoms with Crippen molar-refractivity contribution in [2.75, 3.05) is 13.7 Å². The summed E-state index contributed by atoms with van der Waals surface area (Å²) >= 11 is 0. The van der Waals surface area contributed by atoms with Gasteiger partial charge in [-0.05, 0) is 117 Å². The Morgan fingerprint density at radius 1 is 0.960 bits per heavy atom. The zero-order chi connectivity index (χ0) is 17.2. The Hall–Kier alpha value is -0.300. The molecule has 0 amide bonds. The first-order valence-electron chi connectivity index (χ1n) is 11.3. The fourth-order valence-corrected chi connectivity index (χ4v) is 8.78. The number of fused-ring (bicyclic) bond motifs is 5. The van der Waals surface area contributed by atoms with Gasteiger partial charge in [0.2, 0.25) is 0 Å². The van der Waals surface area contributed by atoms with E-state index in [0.717, 1.165) is 47.5 Å². The second-order valence-corrected chi connectivity index (χ2v) is 10.7. The van der Waals surface area contributed by atoms with E-state index in [0.29, 0.717) is 5.41 Å². The van der Waals surface area contributed by atoms with Crippen molar-refractivity contribution in [1.82, 2.24) is 0 Å². The summed E-state index contributed by atoms with van der Waals surface area (Å²) in [6, 6.07) is 0. The van der Waals surface area contributed by atoms with Gasteiger partial charge >= 0.3 is 0 Å². The first-order valence-corrected chi connectivity index (χ1v) is 11.3. The zero-order valence-electron chi connectivity index (χ0n) is 16.6. The molecule has 5 fully saturated rings. The van der Waals surface area contributed by atoms with Crippen LogP contribution in [0.2, 0.25) is 0 Å². The lowest BCUT2D eigenvalue weighted by Gasteiger charge is -2.62. The molecule has 25 heavy (non-hydrogen) atoms. The molecule has 7 atom stereocenters. The second kappa shape index (κ2) is 5.85. The second-order valence-electron chi connectivity index (χ2n) is 10.7. The lowest BCUT2D eigenvalue weighted by atomic mass is 9.42. The van der Waals surface area contributed by atoms with Crippen LogP contribution in [0.25, 0.3) is 0 Å². The smallest absolute Gasteiger partial charge is 0.0490 e. The average Bonchev–Trinajstić information content (AvgIpc) is 3.41. The van der Waals surface area contributed by atoms with Crippen LogP contribution in [0.15, 0.2) is 12.2 Å². The van der Waals surface area contributed by atoms with Crippen LogP contribution in [0.3, 0.4) is 0 Å². The first-order chi connectivity index (χ1) is 12.1. The van der Waals surface area contributed by atoms with Crippen molar-refractivity contribution in [2.45, 2.75) is 77.6 Å². The molecule has 0 radical (unpaired) electrons. The summed E-state index contributed by atoms with van der Waals surface area (Å²) in [6.07, 6.45) is 16.3. The number of allylic oxidation sites excluding steroid dienone is 1. The molecule has 0 aromatic rings. The summed E-state index contributed by atoms with van der Waals surface area (Å²) in [4.78, 5) is 0. The van der Waals surface area contributed by atoms with Crippen LogP contribution in [-0.4, -0.2) is 13.7 Å². The molecule has 5 saturated carbocycles. The fourth-order valence-electron chi connectivity index (χ4n) is 8.78. The minimum absolute atomic E-state index is 0.492. The van der Waals surface area contributed by atoms with Gasteiger partial charge < -0.3 is 4.74 Å². The van der Waals surface area contributed by atoms with Crippen LogP contribution >= 0.6 is 0 Å². The lowest BCUT2D eigenvalue weighted by molar-refractivity contribution is -0.132. The summed E-state index contributed by atoms with van der Waals surface area (Å²) in [7, 11) is 1.90. The van der Waals surface area contributed by atoms with Crippen molar-refractivity contribution >= 4 is 0 Å². The highest BCUT2D eigenvalue weighted by Crippen LogP contribution is 2.72. The molecule has 0 saturated heterocycles. The predicted octanol–water partition coefficient (Wildman–Crippen LogP) is 6.24. The van der Waals surface area contributed by atoms with Gasteiger partial charge in [-0.3, -0.25) is 0 Å². The maximum atomic E-state index is 5.55. The van der Waals surface area contributed by atoms with E-state index >= 15 is 0 Å². The molecule has 0 aliphatic heterocycles. The van der Waals surface area contributed by atoms with E-state index in [1.54, 1.807) is 18.4 Å². The van der Waals surface area contributed by atoms with Crippen LogP contribution in [0, 0.1) is 46.3 Å². The highest BCUT2D eigenvalue weighted by atomic mass is 16.5. The van der Waals surface area contributed by atoms with E-state index in [-0.39, 0.29) is 0 Å². The van der Waals surface area contributed by atoms with E-state index in [4.69, 9.17) is 4.74 Å². The number of rotatable bonds is 3. The minimum atomic E-state index is 0.492. The quantitative estimate of drug-likeness (QED) is 0.552. The van der Waals surface area contributed by atoms with Crippen molar-refractivity contribution in [3.8, 4) is 0 Å². The summed E-state index contributed by atoms with van der Waals surface area (Å²) in [5, 5.41) is 0. The maximum absolute atomic E-state index is 5.55. The standard InChI is InChI=1S/C24H38O/c1-16-4-9-21-20-8-7-19-14-17(15-25-3)10-13-24(19,18-5-6-18)22(20)11-12-23(16,21)2/h17-22H,1,4-15H2,2-3H3. The highest BCUT2D eigenvalue weighted by Gasteiger charge is 2.63. The van der Waals surface area contributed by atoms with Crippen LogP contribution in [0.5, 0.6) is 0 Å². The van der Waals surface area contributed by atoms with Crippen molar-refractivity contribution in [2.24, 2.45) is 46.3 Å². The molecule has 0 spiro atoms.